The van der Waals surface area contributed by atoms with Crippen LogP contribution in [0.3, 0.4) is 0 Å². The van der Waals surface area contributed by atoms with Crippen LogP contribution in [0.25, 0.3) is 0 Å². The molecule has 0 aliphatic carbocycles. The Morgan fingerprint density at radius 3 is 1.01 bits per heavy atom. The van der Waals surface area contributed by atoms with Crippen LogP contribution in [-0.4, -0.2) is 86.8 Å². The molecule has 0 saturated carbocycles. The van der Waals surface area contributed by atoms with E-state index in [-0.39, 0.29) is 58.7 Å². The lowest BCUT2D eigenvalue weighted by atomic mass is 10.2. The third-order valence-electron chi connectivity index (χ3n) is 10.1. The van der Waals surface area contributed by atoms with Crippen molar-refractivity contribution in [3.63, 3.8) is 0 Å². The first kappa shape index (κ1) is 58.3. The van der Waals surface area contributed by atoms with Crippen molar-refractivity contribution in [1.29, 1.82) is 0 Å². The van der Waals surface area contributed by atoms with Gasteiger partial charge in [0.1, 0.15) is 34.5 Å². The number of benzene rings is 5. The molecule has 0 aliphatic rings. The number of aryl methyl sites for hydroxylation is 1. The van der Waals surface area contributed by atoms with Gasteiger partial charge >= 0.3 is 48.1 Å². The van der Waals surface area contributed by atoms with Gasteiger partial charge in [-0.15, -0.1) is 0 Å². The maximum Gasteiger partial charge on any atom is 0.513 e. The summed E-state index contributed by atoms with van der Waals surface area (Å²) in [5.74, 6) is -1.96. The molecule has 1 N–H and O–H groups in total. The minimum atomic E-state index is -0.862. The number of ether oxygens (including phenoxy) is 10. The molecule has 0 aliphatic heterocycles. The molecule has 394 valence electrons. The van der Waals surface area contributed by atoms with E-state index in [9.17, 15) is 43.5 Å². The van der Waals surface area contributed by atoms with E-state index < -0.39 is 48.1 Å². The standard InChI is InChI=1S/C31H30O10.C25H26O9/c1-3-28(33)37-18-6-4-5-7-19-38-31(36)41-25-14-10-22(11-15-25)29(34)39-24-12-8-23(9-13-24)30(35)40-26-16-17-27(32)21(2)20-26;1-3-22(26)31-16-6-4-5-7-17-32-25(29)34-21-14-10-19(11-15-21)24(28)33-20-12-8-18(9-13-20)23(27)30-2/h3,8-17,20,32H,1,4-7,18-19H2,2H3;3,8-15H,1,4-7,16-17H2,2H3. The van der Waals surface area contributed by atoms with E-state index in [1.54, 1.807) is 13.0 Å². The van der Waals surface area contributed by atoms with E-state index in [4.69, 9.17) is 42.6 Å². The average Bonchev–Trinajstić information content (AvgIpc) is 3.41. The fourth-order valence-corrected chi connectivity index (χ4v) is 6.08. The second kappa shape index (κ2) is 31.9. The molecule has 0 bridgehead atoms. The molecule has 0 saturated heterocycles. The molecular formula is C56H56O19. The lowest BCUT2D eigenvalue weighted by Crippen LogP contribution is -2.12. The Hall–Kier alpha value is -9.26. The van der Waals surface area contributed by atoms with Crippen LogP contribution in [0.2, 0.25) is 0 Å². The largest absolute Gasteiger partial charge is 0.513 e. The van der Waals surface area contributed by atoms with Crippen LogP contribution >= 0.6 is 0 Å². The Balaban J connectivity index is 0.000000330. The molecule has 5 aromatic rings. The first-order valence-corrected chi connectivity index (χ1v) is 23.4. The number of esters is 6. The molecule has 5 aromatic carbocycles. The van der Waals surface area contributed by atoms with Crippen molar-refractivity contribution in [2.75, 3.05) is 33.5 Å². The van der Waals surface area contributed by atoms with Crippen molar-refractivity contribution >= 4 is 48.1 Å². The number of carbonyl (C=O) groups is 8. The van der Waals surface area contributed by atoms with Crippen molar-refractivity contribution in [3.8, 4) is 34.5 Å². The second-order valence-electron chi connectivity index (χ2n) is 15.7. The number of phenolic OH excluding ortho intramolecular Hbond substituents is 1. The highest BCUT2D eigenvalue weighted by atomic mass is 16.7. The highest BCUT2D eigenvalue weighted by Gasteiger charge is 2.15. The van der Waals surface area contributed by atoms with Gasteiger partial charge in [-0.05, 0) is 179 Å². The van der Waals surface area contributed by atoms with Gasteiger partial charge in [0.15, 0.2) is 0 Å². The van der Waals surface area contributed by atoms with E-state index in [1.165, 1.54) is 116 Å². The van der Waals surface area contributed by atoms with Crippen molar-refractivity contribution in [2.45, 2.75) is 58.3 Å². The summed E-state index contributed by atoms with van der Waals surface area (Å²) >= 11 is 0. The van der Waals surface area contributed by atoms with Crippen LogP contribution in [0.5, 0.6) is 34.5 Å². The van der Waals surface area contributed by atoms with Crippen molar-refractivity contribution in [3.05, 3.63) is 168 Å². The van der Waals surface area contributed by atoms with E-state index in [0.717, 1.165) is 44.3 Å². The van der Waals surface area contributed by atoms with E-state index >= 15 is 0 Å². The van der Waals surface area contributed by atoms with Crippen molar-refractivity contribution in [2.24, 2.45) is 0 Å². The fraction of sp³-hybridized carbons (Fsp3) is 0.250. The van der Waals surface area contributed by atoms with Crippen LogP contribution < -0.4 is 23.7 Å². The van der Waals surface area contributed by atoms with Crippen molar-refractivity contribution < 1.29 is 90.8 Å². The molecule has 0 aromatic heterocycles. The lowest BCUT2D eigenvalue weighted by Gasteiger charge is -2.08. The normalized spacial score (nSPS) is 10.2. The van der Waals surface area contributed by atoms with Crippen LogP contribution in [0.15, 0.2) is 141 Å². The zero-order valence-corrected chi connectivity index (χ0v) is 41.3. The molecule has 0 spiro atoms. The summed E-state index contributed by atoms with van der Waals surface area (Å²) in [6, 6.07) is 27.8. The lowest BCUT2D eigenvalue weighted by molar-refractivity contribution is -0.138. The first-order valence-electron chi connectivity index (χ1n) is 23.4. The predicted molar refractivity (Wildman–Crippen MR) is 268 cm³/mol. The summed E-state index contributed by atoms with van der Waals surface area (Å²) in [6.45, 7) is 9.36. The molecule has 0 radical (unpaired) electrons. The monoisotopic (exact) mass is 1030 g/mol. The number of hydrogen-bond donors (Lipinski definition) is 1. The molecule has 5 rings (SSSR count). The Morgan fingerprint density at radius 1 is 0.400 bits per heavy atom. The number of phenols is 1. The number of methoxy groups -OCH3 is 1. The number of carbonyl (C=O) groups excluding carboxylic acids is 8. The molecule has 0 amide bonds. The SMILES string of the molecule is C=CC(=O)OCCCCCCOC(=O)Oc1ccc(C(=O)Oc2ccc(C(=O)OC)cc2)cc1.C=CC(=O)OCCCCCCOC(=O)Oc1ccc(C(=O)Oc2ccc(C(=O)Oc3ccc(O)c(C)c3)cc2)cc1. The zero-order chi connectivity index (χ0) is 54.4. The van der Waals surface area contributed by atoms with Gasteiger partial charge in [0.2, 0.25) is 0 Å². The Kier molecular flexibility index (Phi) is 24.8. The van der Waals surface area contributed by atoms with Gasteiger partial charge in [0.25, 0.3) is 0 Å². The fourth-order valence-electron chi connectivity index (χ4n) is 6.08. The molecule has 75 heavy (non-hydrogen) atoms. The number of hydrogen-bond acceptors (Lipinski definition) is 19. The van der Waals surface area contributed by atoms with E-state index in [1.807, 2.05) is 0 Å². The molecule has 0 fully saturated rings. The third kappa shape index (κ3) is 22.0. The molecule has 0 heterocycles. The molecule has 19 heteroatoms. The third-order valence-corrected chi connectivity index (χ3v) is 10.1. The summed E-state index contributed by atoms with van der Waals surface area (Å²) in [7, 11) is 1.28. The van der Waals surface area contributed by atoms with E-state index in [2.05, 4.69) is 17.9 Å². The maximum absolute atomic E-state index is 12.5. The van der Waals surface area contributed by atoms with Crippen LogP contribution in [0.1, 0.15) is 98.4 Å². The molecule has 19 nitrogen and oxygen atoms in total. The predicted octanol–water partition coefficient (Wildman–Crippen LogP) is 10.4. The molecule has 0 atom stereocenters. The minimum Gasteiger partial charge on any atom is -0.508 e. The highest BCUT2D eigenvalue weighted by Crippen LogP contribution is 2.24. The topological polar surface area (TPSA) is 249 Å². The summed E-state index contributed by atoms with van der Waals surface area (Å²) < 4.78 is 50.5. The smallest absolute Gasteiger partial charge is 0.508 e. The van der Waals surface area contributed by atoms with Crippen LogP contribution in [-0.2, 0) is 33.3 Å². The van der Waals surface area contributed by atoms with Gasteiger partial charge in [0, 0.05) is 12.2 Å². The molecule has 0 unspecified atom stereocenters. The number of aromatic hydroxyl groups is 1. The van der Waals surface area contributed by atoms with Gasteiger partial charge in [0.05, 0.1) is 55.8 Å². The number of rotatable bonds is 25. The average molecular weight is 1030 g/mol. The van der Waals surface area contributed by atoms with Gasteiger partial charge < -0.3 is 52.5 Å². The maximum atomic E-state index is 12.5. The minimum absolute atomic E-state index is 0.0993. The zero-order valence-electron chi connectivity index (χ0n) is 41.3. The van der Waals surface area contributed by atoms with Gasteiger partial charge in [-0.2, -0.15) is 0 Å². The van der Waals surface area contributed by atoms with E-state index in [0.29, 0.717) is 49.4 Å². The first-order chi connectivity index (χ1) is 36.2. The van der Waals surface area contributed by atoms with Gasteiger partial charge in [-0.3, -0.25) is 0 Å². The second-order valence-corrected chi connectivity index (χ2v) is 15.7. The highest BCUT2D eigenvalue weighted by molar-refractivity contribution is 5.93. The summed E-state index contributed by atoms with van der Waals surface area (Å²) in [5.41, 5.74) is 1.62. The Bertz CT molecular complexity index is 2710. The summed E-state index contributed by atoms with van der Waals surface area (Å²) in [6.07, 6.45) is 6.48. The Morgan fingerprint density at radius 2 is 0.693 bits per heavy atom. The van der Waals surface area contributed by atoms with Gasteiger partial charge in [-0.1, -0.05) is 13.2 Å². The van der Waals surface area contributed by atoms with Crippen molar-refractivity contribution in [1.82, 2.24) is 0 Å². The summed E-state index contributed by atoms with van der Waals surface area (Å²) in [4.78, 5) is 94.0. The van der Waals surface area contributed by atoms with Gasteiger partial charge in [-0.25, -0.2) is 38.4 Å². The quantitative estimate of drug-likeness (QED) is 0.0142. The summed E-state index contributed by atoms with van der Waals surface area (Å²) in [5, 5.41) is 9.59. The Labute approximate surface area is 432 Å². The molecular weight excluding hydrogens is 977 g/mol. The number of unbranched alkanes of at least 4 members (excludes halogenated alkanes) is 6. The van der Waals surface area contributed by atoms with Crippen LogP contribution in [0, 0.1) is 6.92 Å². The van der Waals surface area contributed by atoms with Crippen LogP contribution in [0.4, 0.5) is 9.59 Å².